The third-order valence-electron chi connectivity index (χ3n) is 5.79. The Kier molecular flexibility index (Phi) is 7.39. The van der Waals surface area contributed by atoms with Crippen molar-refractivity contribution >= 4 is 17.5 Å². The van der Waals surface area contributed by atoms with Crippen LogP contribution in [0.3, 0.4) is 0 Å². The molecule has 1 saturated carbocycles. The van der Waals surface area contributed by atoms with Gasteiger partial charge in [-0.1, -0.05) is 19.8 Å². The van der Waals surface area contributed by atoms with E-state index in [9.17, 15) is 14.0 Å². The number of amides is 2. The van der Waals surface area contributed by atoms with Crippen molar-refractivity contribution in [3.63, 3.8) is 0 Å². The maximum Gasteiger partial charge on any atom is 0.238 e. The molecule has 1 aliphatic heterocycles. The second-order valence-corrected chi connectivity index (χ2v) is 8.04. The first-order valence-electron chi connectivity index (χ1n) is 10.3. The monoisotopic (exact) mass is 390 g/mol. The van der Waals surface area contributed by atoms with Crippen molar-refractivity contribution in [1.82, 2.24) is 15.1 Å². The van der Waals surface area contributed by atoms with Crippen LogP contribution in [0.1, 0.15) is 32.6 Å². The molecule has 28 heavy (non-hydrogen) atoms. The van der Waals surface area contributed by atoms with E-state index in [0.29, 0.717) is 30.7 Å². The van der Waals surface area contributed by atoms with Gasteiger partial charge in [-0.2, -0.15) is 0 Å². The number of carbonyl (C=O) groups is 2. The summed E-state index contributed by atoms with van der Waals surface area (Å²) in [5.41, 5.74) is 0.596. The van der Waals surface area contributed by atoms with E-state index in [1.165, 1.54) is 31.4 Å². The topological polar surface area (TPSA) is 64.7 Å². The van der Waals surface area contributed by atoms with Gasteiger partial charge in [-0.15, -0.1) is 0 Å². The van der Waals surface area contributed by atoms with Crippen molar-refractivity contribution in [3.05, 3.63) is 30.1 Å². The second kappa shape index (κ2) is 9.98. The van der Waals surface area contributed by atoms with Crippen LogP contribution in [-0.4, -0.2) is 66.9 Å². The Morgan fingerprint density at radius 2 is 1.54 bits per heavy atom. The molecule has 1 aromatic carbocycles. The van der Waals surface area contributed by atoms with Crippen LogP contribution in [0.4, 0.5) is 10.1 Å². The highest BCUT2D eigenvalue weighted by Crippen LogP contribution is 2.23. The molecule has 1 heterocycles. The fourth-order valence-electron chi connectivity index (χ4n) is 4.03. The Hall–Kier alpha value is -1.99. The van der Waals surface area contributed by atoms with Crippen LogP contribution in [-0.2, 0) is 9.59 Å². The molecule has 0 bridgehead atoms. The minimum absolute atomic E-state index is 0.107. The second-order valence-electron chi connectivity index (χ2n) is 8.04. The summed E-state index contributed by atoms with van der Waals surface area (Å²) in [6.45, 7) is 6.01. The van der Waals surface area contributed by atoms with Crippen molar-refractivity contribution in [2.24, 2.45) is 5.92 Å². The van der Waals surface area contributed by atoms with Gasteiger partial charge in [0, 0.05) is 37.9 Å². The zero-order chi connectivity index (χ0) is 19.9. The minimum Gasteiger partial charge on any atom is -0.352 e. The van der Waals surface area contributed by atoms with Crippen molar-refractivity contribution in [2.45, 2.75) is 38.6 Å². The zero-order valence-electron chi connectivity index (χ0n) is 16.6. The van der Waals surface area contributed by atoms with Gasteiger partial charge in [0.15, 0.2) is 0 Å². The molecular weight excluding hydrogens is 359 g/mol. The van der Waals surface area contributed by atoms with Gasteiger partial charge in [-0.25, -0.2) is 4.39 Å². The Morgan fingerprint density at radius 3 is 2.14 bits per heavy atom. The Bertz CT molecular complexity index is 659. The number of hydrogen-bond donors (Lipinski definition) is 2. The molecule has 2 N–H and O–H groups in total. The number of nitrogens with zero attached hydrogens (tertiary/aromatic N) is 2. The van der Waals surface area contributed by atoms with Crippen LogP contribution < -0.4 is 10.6 Å². The summed E-state index contributed by atoms with van der Waals surface area (Å²) < 4.78 is 12.9. The average Bonchev–Trinajstić information content (AvgIpc) is 2.67. The first kappa shape index (κ1) is 20.7. The Balaban J connectivity index is 1.35. The quantitative estimate of drug-likeness (QED) is 0.781. The molecule has 2 aliphatic rings. The summed E-state index contributed by atoms with van der Waals surface area (Å²) in [5.74, 6) is 0.246. The lowest BCUT2D eigenvalue weighted by Gasteiger charge is -2.35. The number of carbonyl (C=O) groups excluding carboxylic acids is 2. The van der Waals surface area contributed by atoms with Crippen molar-refractivity contribution < 1.29 is 14.0 Å². The number of nitrogens with one attached hydrogen (secondary N) is 2. The van der Waals surface area contributed by atoms with E-state index in [1.54, 1.807) is 12.1 Å². The van der Waals surface area contributed by atoms with Crippen LogP contribution >= 0.6 is 0 Å². The first-order valence-corrected chi connectivity index (χ1v) is 10.3. The molecule has 7 heteroatoms. The number of benzene rings is 1. The minimum atomic E-state index is -0.323. The number of anilines is 1. The standard InChI is InChI=1S/C21H31FN4O2/c1-16-4-2-3-5-19(16)24-21(28)15-26-12-10-25(11-13-26)14-20(27)23-18-8-6-17(22)7-9-18/h6-9,16,19H,2-5,10-15H2,1H3,(H,23,27)(H,24,28)/t16-,19+/m0/s1. The van der Waals surface area contributed by atoms with Gasteiger partial charge < -0.3 is 10.6 Å². The van der Waals surface area contributed by atoms with E-state index in [1.807, 2.05) is 0 Å². The summed E-state index contributed by atoms with van der Waals surface area (Å²) in [6.07, 6.45) is 4.76. The maximum atomic E-state index is 12.9. The van der Waals surface area contributed by atoms with E-state index < -0.39 is 0 Å². The highest BCUT2D eigenvalue weighted by Gasteiger charge is 2.25. The Morgan fingerprint density at radius 1 is 0.964 bits per heavy atom. The SMILES string of the molecule is C[C@H]1CCCC[C@H]1NC(=O)CN1CCN(CC(=O)Nc2ccc(F)cc2)CC1. The van der Waals surface area contributed by atoms with Gasteiger partial charge in [0.2, 0.25) is 11.8 Å². The van der Waals surface area contributed by atoms with E-state index >= 15 is 0 Å². The smallest absolute Gasteiger partial charge is 0.238 e. The molecule has 2 amide bonds. The Labute approximate surface area is 166 Å². The van der Waals surface area contributed by atoms with Gasteiger partial charge in [-0.05, 0) is 43.0 Å². The van der Waals surface area contributed by atoms with Gasteiger partial charge in [0.05, 0.1) is 13.1 Å². The molecule has 1 saturated heterocycles. The van der Waals surface area contributed by atoms with E-state index in [4.69, 9.17) is 0 Å². The largest absolute Gasteiger partial charge is 0.352 e. The highest BCUT2D eigenvalue weighted by atomic mass is 19.1. The molecule has 2 atom stereocenters. The normalized spacial score (nSPS) is 23.9. The lowest BCUT2D eigenvalue weighted by molar-refractivity contribution is -0.124. The van der Waals surface area contributed by atoms with Gasteiger partial charge in [-0.3, -0.25) is 19.4 Å². The number of halogens is 1. The molecule has 6 nitrogen and oxygen atoms in total. The molecule has 0 unspecified atom stereocenters. The molecule has 1 aliphatic carbocycles. The van der Waals surface area contributed by atoms with Crippen molar-refractivity contribution in [2.75, 3.05) is 44.6 Å². The number of piperazine rings is 1. The lowest BCUT2D eigenvalue weighted by atomic mass is 9.86. The molecule has 3 rings (SSSR count). The lowest BCUT2D eigenvalue weighted by Crippen LogP contribution is -2.52. The highest BCUT2D eigenvalue weighted by molar-refractivity contribution is 5.92. The van der Waals surface area contributed by atoms with E-state index in [0.717, 1.165) is 32.6 Å². The number of rotatable bonds is 6. The van der Waals surface area contributed by atoms with Gasteiger partial charge in [0.1, 0.15) is 5.82 Å². The van der Waals surface area contributed by atoms with Crippen LogP contribution in [0.2, 0.25) is 0 Å². The van der Waals surface area contributed by atoms with Gasteiger partial charge >= 0.3 is 0 Å². The summed E-state index contributed by atoms with van der Waals surface area (Å²) in [4.78, 5) is 28.7. The summed E-state index contributed by atoms with van der Waals surface area (Å²) in [6, 6.07) is 6.08. The number of hydrogen-bond acceptors (Lipinski definition) is 4. The van der Waals surface area contributed by atoms with Crippen molar-refractivity contribution in [1.29, 1.82) is 0 Å². The molecule has 2 fully saturated rings. The average molecular weight is 391 g/mol. The molecule has 0 spiro atoms. The molecule has 1 aromatic rings. The molecule has 154 valence electrons. The third-order valence-corrected chi connectivity index (χ3v) is 5.79. The van der Waals surface area contributed by atoms with E-state index in [-0.39, 0.29) is 17.6 Å². The molecular formula is C21H31FN4O2. The fourth-order valence-corrected chi connectivity index (χ4v) is 4.03. The molecule has 0 radical (unpaired) electrons. The summed E-state index contributed by atoms with van der Waals surface area (Å²) in [5, 5.41) is 5.99. The predicted molar refractivity (Wildman–Crippen MR) is 107 cm³/mol. The van der Waals surface area contributed by atoms with Crippen LogP contribution in [0.15, 0.2) is 24.3 Å². The fraction of sp³-hybridized carbons (Fsp3) is 0.619. The van der Waals surface area contributed by atoms with Gasteiger partial charge in [0.25, 0.3) is 0 Å². The van der Waals surface area contributed by atoms with Crippen LogP contribution in [0.25, 0.3) is 0 Å². The third kappa shape index (κ3) is 6.27. The molecule has 0 aromatic heterocycles. The summed E-state index contributed by atoms with van der Waals surface area (Å²) >= 11 is 0. The van der Waals surface area contributed by atoms with E-state index in [2.05, 4.69) is 27.4 Å². The summed E-state index contributed by atoms with van der Waals surface area (Å²) in [7, 11) is 0. The predicted octanol–water partition coefficient (Wildman–Crippen LogP) is 2.08. The zero-order valence-corrected chi connectivity index (χ0v) is 16.6. The van der Waals surface area contributed by atoms with Crippen molar-refractivity contribution in [3.8, 4) is 0 Å². The maximum absolute atomic E-state index is 12.9. The van der Waals surface area contributed by atoms with Crippen LogP contribution in [0.5, 0.6) is 0 Å². The van der Waals surface area contributed by atoms with Crippen LogP contribution in [0, 0.1) is 11.7 Å². The first-order chi connectivity index (χ1) is 13.5.